The lowest BCUT2D eigenvalue weighted by Gasteiger charge is -2.05. The lowest BCUT2D eigenvalue weighted by atomic mass is 10.1. The highest BCUT2D eigenvalue weighted by atomic mass is 14.8. The molecule has 35 heavy (non-hydrogen) atoms. The molecule has 0 rings (SSSR count). The van der Waals surface area contributed by atoms with E-state index in [1.165, 1.54) is 180 Å². The Labute approximate surface area is 223 Å². The Morgan fingerprint density at radius 2 is 0.571 bits per heavy atom. The van der Waals surface area contributed by atoms with Crippen molar-refractivity contribution >= 4 is 0 Å². The van der Waals surface area contributed by atoms with Gasteiger partial charge in [0, 0.05) is 0 Å². The van der Waals surface area contributed by atoms with E-state index in [1.54, 1.807) is 0 Å². The van der Waals surface area contributed by atoms with Gasteiger partial charge in [-0.25, -0.2) is 0 Å². The average molecular weight is 490 g/mol. The summed E-state index contributed by atoms with van der Waals surface area (Å²) in [6, 6.07) is 0. The van der Waals surface area contributed by atoms with E-state index >= 15 is 0 Å². The van der Waals surface area contributed by atoms with Crippen LogP contribution in [0.1, 0.15) is 181 Å². The summed E-state index contributed by atoms with van der Waals surface area (Å²) in [4.78, 5) is 0. The third-order valence-corrected chi connectivity index (χ3v) is 7.23. The van der Waals surface area contributed by atoms with Crippen LogP contribution >= 0.6 is 0 Å². The minimum absolute atomic E-state index is 1.23. The molecular formula is C34H67N. The quantitative estimate of drug-likeness (QED) is 0.0781. The first-order valence-corrected chi connectivity index (χ1v) is 16.4. The fourth-order valence-corrected chi connectivity index (χ4v) is 4.77. The topological polar surface area (TPSA) is 12.0 Å². The molecule has 0 aliphatic rings. The maximum absolute atomic E-state index is 3.66. The lowest BCUT2D eigenvalue weighted by molar-refractivity contribution is 0.539. The van der Waals surface area contributed by atoms with E-state index in [9.17, 15) is 0 Å². The van der Waals surface area contributed by atoms with Gasteiger partial charge < -0.3 is 5.32 Å². The summed E-state index contributed by atoms with van der Waals surface area (Å²) in [5.74, 6) is 0. The maximum atomic E-state index is 3.66. The van der Waals surface area contributed by atoms with Gasteiger partial charge in [0.15, 0.2) is 0 Å². The molecule has 0 unspecified atom stereocenters. The van der Waals surface area contributed by atoms with E-state index in [0.717, 1.165) is 0 Å². The molecule has 208 valence electrons. The van der Waals surface area contributed by atoms with Gasteiger partial charge in [0.2, 0.25) is 0 Å². The molecule has 1 nitrogen and oxygen atoms in total. The first-order chi connectivity index (χ1) is 17.4. The van der Waals surface area contributed by atoms with Crippen LogP contribution in [0.3, 0.4) is 0 Å². The van der Waals surface area contributed by atoms with E-state index in [2.05, 4.69) is 43.5 Å². The highest BCUT2D eigenvalue weighted by Crippen LogP contribution is 2.11. The smallest absolute Gasteiger partial charge is 0.00489 e. The highest BCUT2D eigenvalue weighted by molar-refractivity contribution is 4.82. The number of nitrogens with one attached hydrogen (secondary N) is 1. The number of hydrogen-bond acceptors (Lipinski definition) is 1. The van der Waals surface area contributed by atoms with Crippen LogP contribution in [0.4, 0.5) is 0 Å². The molecule has 1 N–H and O–H groups in total. The first-order valence-electron chi connectivity index (χ1n) is 16.4. The van der Waals surface area contributed by atoms with Crippen LogP contribution in [0, 0.1) is 0 Å². The predicted octanol–water partition coefficient (Wildman–Crippen LogP) is 11.9. The van der Waals surface area contributed by atoms with Crippen molar-refractivity contribution in [1.82, 2.24) is 5.32 Å². The largest absolute Gasteiger partial charge is 0.317 e. The van der Waals surface area contributed by atoms with Crippen LogP contribution in [-0.4, -0.2) is 13.1 Å². The normalized spacial score (nSPS) is 11.9. The van der Waals surface area contributed by atoms with E-state index in [0.29, 0.717) is 0 Å². The summed E-state index contributed by atoms with van der Waals surface area (Å²) in [5, 5.41) is 3.66. The van der Waals surface area contributed by atoms with Crippen LogP contribution in [-0.2, 0) is 0 Å². The molecule has 0 bridgehead atoms. The Balaban J connectivity index is 3.08. The first kappa shape index (κ1) is 34.4. The molecule has 0 saturated carbocycles. The van der Waals surface area contributed by atoms with Crippen molar-refractivity contribution in [2.45, 2.75) is 181 Å². The summed E-state index contributed by atoms with van der Waals surface area (Å²) in [6.45, 7) is 7.03. The third-order valence-electron chi connectivity index (χ3n) is 7.23. The van der Waals surface area contributed by atoms with Crippen LogP contribution in [0.5, 0.6) is 0 Å². The third kappa shape index (κ3) is 33.4. The van der Waals surface area contributed by atoms with Crippen molar-refractivity contribution in [3.8, 4) is 0 Å². The summed E-state index contributed by atoms with van der Waals surface area (Å²) in [6.07, 6.45) is 45.8. The summed E-state index contributed by atoms with van der Waals surface area (Å²) in [5.41, 5.74) is 0. The van der Waals surface area contributed by atoms with Gasteiger partial charge in [0.05, 0.1) is 0 Å². The molecular weight excluding hydrogens is 422 g/mol. The predicted molar refractivity (Wildman–Crippen MR) is 163 cm³/mol. The molecule has 0 aromatic heterocycles. The van der Waals surface area contributed by atoms with Gasteiger partial charge in [-0.3, -0.25) is 0 Å². The van der Waals surface area contributed by atoms with E-state index in [4.69, 9.17) is 0 Å². The van der Waals surface area contributed by atoms with Crippen LogP contribution in [0.15, 0.2) is 24.3 Å². The number of rotatable bonds is 30. The SMILES string of the molecule is CCCCCC/C=C\CCCCCCCCNCCCCCCCC/C=C\CCCCCCCC. The highest BCUT2D eigenvalue weighted by Gasteiger charge is 1.94. The van der Waals surface area contributed by atoms with Crippen molar-refractivity contribution in [2.24, 2.45) is 0 Å². The van der Waals surface area contributed by atoms with Gasteiger partial charge in [0.1, 0.15) is 0 Å². The zero-order valence-corrected chi connectivity index (χ0v) is 24.6. The van der Waals surface area contributed by atoms with Gasteiger partial charge >= 0.3 is 0 Å². The van der Waals surface area contributed by atoms with E-state index in [1.807, 2.05) is 0 Å². The van der Waals surface area contributed by atoms with Crippen LogP contribution < -0.4 is 5.32 Å². The van der Waals surface area contributed by atoms with Gasteiger partial charge in [0.25, 0.3) is 0 Å². The number of hydrogen-bond donors (Lipinski definition) is 1. The summed E-state index contributed by atoms with van der Waals surface area (Å²) in [7, 11) is 0. The minimum atomic E-state index is 1.23. The average Bonchev–Trinajstić information content (AvgIpc) is 2.87. The van der Waals surface area contributed by atoms with Crippen molar-refractivity contribution in [3.63, 3.8) is 0 Å². The van der Waals surface area contributed by atoms with Gasteiger partial charge in [-0.1, -0.05) is 141 Å². The molecule has 0 aliphatic heterocycles. The molecule has 0 heterocycles. The fraction of sp³-hybridized carbons (Fsp3) is 0.882. The van der Waals surface area contributed by atoms with Gasteiger partial charge in [-0.2, -0.15) is 0 Å². The maximum Gasteiger partial charge on any atom is -0.00489 e. The Morgan fingerprint density at radius 3 is 0.914 bits per heavy atom. The zero-order valence-electron chi connectivity index (χ0n) is 24.6. The monoisotopic (exact) mass is 490 g/mol. The van der Waals surface area contributed by atoms with Crippen molar-refractivity contribution in [1.29, 1.82) is 0 Å². The molecule has 0 spiro atoms. The Bertz CT molecular complexity index is 411. The second kappa shape index (κ2) is 33.4. The summed E-state index contributed by atoms with van der Waals surface area (Å²) >= 11 is 0. The van der Waals surface area contributed by atoms with E-state index < -0.39 is 0 Å². The van der Waals surface area contributed by atoms with Gasteiger partial charge in [-0.15, -0.1) is 0 Å². The molecule has 0 aromatic rings. The molecule has 0 aromatic carbocycles. The van der Waals surface area contributed by atoms with E-state index in [-0.39, 0.29) is 0 Å². The molecule has 0 fully saturated rings. The zero-order chi connectivity index (χ0) is 25.3. The standard InChI is InChI=1S/C34H67N/c1-3-5-7-9-11-13-15-17-19-20-22-24-26-28-30-32-34-35-33-31-29-27-25-23-21-18-16-14-12-10-8-6-4-2/h14,16-17,19,35H,3-13,15,18,20-34H2,1-2H3/b16-14-,19-17-. The van der Waals surface area contributed by atoms with Crippen LogP contribution in [0.2, 0.25) is 0 Å². The summed E-state index contributed by atoms with van der Waals surface area (Å²) < 4.78 is 0. The Kier molecular flexibility index (Phi) is 32.9. The molecule has 0 saturated heterocycles. The number of unbranched alkanes of at least 4 members (excludes halogenated alkanes) is 22. The Hall–Kier alpha value is -0.560. The molecule has 0 radical (unpaired) electrons. The second-order valence-corrected chi connectivity index (χ2v) is 10.9. The molecule has 0 amide bonds. The second-order valence-electron chi connectivity index (χ2n) is 10.9. The Morgan fingerprint density at radius 1 is 0.314 bits per heavy atom. The lowest BCUT2D eigenvalue weighted by Crippen LogP contribution is -2.16. The number of allylic oxidation sites excluding steroid dienone is 4. The molecule has 1 heteroatoms. The van der Waals surface area contributed by atoms with Gasteiger partial charge in [-0.05, 0) is 77.3 Å². The molecule has 0 aliphatic carbocycles. The molecule has 0 atom stereocenters. The van der Waals surface area contributed by atoms with Crippen molar-refractivity contribution in [3.05, 3.63) is 24.3 Å². The van der Waals surface area contributed by atoms with Crippen LogP contribution in [0.25, 0.3) is 0 Å². The minimum Gasteiger partial charge on any atom is -0.317 e. The van der Waals surface area contributed by atoms with Crippen molar-refractivity contribution in [2.75, 3.05) is 13.1 Å². The van der Waals surface area contributed by atoms with Crippen molar-refractivity contribution < 1.29 is 0 Å². The fourth-order valence-electron chi connectivity index (χ4n) is 4.77.